The van der Waals surface area contributed by atoms with E-state index in [0.29, 0.717) is 15.6 Å². The SMILES string of the molecule is O=C(CSc1ccc(Cl)cn1)c1ccc(O)c(O)c1. The molecule has 2 N–H and O–H groups in total. The maximum absolute atomic E-state index is 11.9. The maximum atomic E-state index is 11.9. The molecule has 98 valence electrons. The van der Waals surface area contributed by atoms with Crippen molar-refractivity contribution in [3.63, 3.8) is 0 Å². The number of carbonyl (C=O) groups is 1. The molecule has 0 unspecified atom stereocenters. The molecule has 2 aromatic rings. The van der Waals surface area contributed by atoms with Gasteiger partial charge in [-0.3, -0.25) is 4.79 Å². The maximum Gasteiger partial charge on any atom is 0.173 e. The minimum atomic E-state index is -0.305. The summed E-state index contributed by atoms with van der Waals surface area (Å²) in [4.78, 5) is 15.9. The Balaban J connectivity index is 2.01. The van der Waals surface area contributed by atoms with Crippen LogP contribution in [0.1, 0.15) is 10.4 Å². The van der Waals surface area contributed by atoms with E-state index in [2.05, 4.69) is 4.98 Å². The Morgan fingerprint density at radius 2 is 2.00 bits per heavy atom. The van der Waals surface area contributed by atoms with Crippen LogP contribution < -0.4 is 0 Å². The molecule has 0 aliphatic heterocycles. The molecule has 0 amide bonds. The number of hydrogen-bond donors (Lipinski definition) is 2. The van der Waals surface area contributed by atoms with Crippen molar-refractivity contribution in [2.24, 2.45) is 0 Å². The van der Waals surface area contributed by atoms with E-state index in [9.17, 15) is 15.0 Å². The van der Waals surface area contributed by atoms with E-state index in [1.165, 1.54) is 36.2 Å². The quantitative estimate of drug-likeness (QED) is 0.515. The Kier molecular flexibility index (Phi) is 4.29. The molecule has 1 heterocycles. The number of carbonyl (C=O) groups excluding carboxylic acids is 1. The Bertz CT molecular complexity index is 601. The molecule has 6 heteroatoms. The van der Waals surface area contributed by atoms with Crippen molar-refractivity contribution in [3.8, 4) is 11.5 Å². The third-order valence-corrected chi connectivity index (χ3v) is 3.52. The topological polar surface area (TPSA) is 70.4 Å². The fraction of sp³-hybridized carbons (Fsp3) is 0.0769. The lowest BCUT2D eigenvalue weighted by atomic mass is 10.1. The smallest absolute Gasteiger partial charge is 0.173 e. The van der Waals surface area contributed by atoms with Gasteiger partial charge in [0.15, 0.2) is 17.3 Å². The Labute approximate surface area is 119 Å². The number of benzene rings is 1. The van der Waals surface area contributed by atoms with Crippen molar-refractivity contribution < 1.29 is 15.0 Å². The summed E-state index contributed by atoms with van der Waals surface area (Å²) in [6, 6.07) is 7.43. The first-order valence-corrected chi connectivity index (χ1v) is 6.72. The third-order valence-electron chi connectivity index (χ3n) is 2.35. The summed E-state index contributed by atoms with van der Waals surface area (Å²) in [5.74, 6) is -0.514. The van der Waals surface area contributed by atoms with Crippen molar-refractivity contribution >= 4 is 29.1 Å². The summed E-state index contributed by atoms with van der Waals surface area (Å²) in [5.41, 5.74) is 0.344. The molecule has 0 fully saturated rings. The van der Waals surface area contributed by atoms with E-state index in [0.717, 1.165) is 0 Å². The average Bonchev–Trinajstić information content (AvgIpc) is 2.41. The zero-order valence-corrected chi connectivity index (χ0v) is 11.3. The summed E-state index contributed by atoms with van der Waals surface area (Å²) in [7, 11) is 0. The number of phenols is 2. The largest absolute Gasteiger partial charge is 0.504 e. The van der Waals surface area contributed by atoms with E-state index in [4.69, 9.17) is 11.6 Å². The van der Waals surface area contributed by atoms with Gasteiger partial charge in [0, 0.05) is 11.8 Å². The Morgan fingerprint density at radius 3 is 2.63 bits per heavy atom. The molecule has 0 spiro atoms. The predicted octanol–water partition coefficient (Wildman–Crippen LogP) is 3.12. The first kappa shape index (κ1) is 13.7. The minimum absolute atomic E-state index is 0.156. The molecule has 1 aromatic heterocycles. The third kappa shape index (κ3) is 3.62. The lowest BCUT2D eigenvalue weighted by Gasteiger charge is -2.03. The van der Waals surface area contributed by atoms with Crippen LogP contribution >= 0.6 is 23.4 Å². The zero-order valence-electron chi connectivity index (χ0n) is 9.71. The van der Waals surface area contributed by atoms with Gasteiger partial charge >= 0.3 is 0 Å². The number of nitrogens with zero attached hydrogens (tertiary/aromatic N) is 1. The number of halogens is 1. The first-order chi connectivity index (χ1) is 9.06. The average molecular weight is 296 g/mol. The van der Waals surface area contributed by atoms with Gasteiger partial charge in [-0.2, -0.15) is 0 Å². The van der Waals surface area contributed by atoms with Crippen molar-refractivity contribution in [2.75, 3.05) is 5.75 Å². The van der Waals surface area contributed by atoms with Crippen LogP contribution in [0, 0.1) is 0 Å². The second kappa shape index (κ2) is 5.95. The second-order valence-corrected chi connectivity index (χ2v) is 5.16. The fourth-order valence-corrected chi connectivity index (χ4v) is 2.22. The van der Waals surface area contributed by atoms with Crippen molar-refractivity contribution in [2.45, 2.75) is 5.03 Å². The number of thioether (sulfide) groups is 1. The van der Waals surface area contributed by atoms with Gasteiger partial charge in [0.2, 0.25) is 0 Å². The number of pyridine rings is 1. The summed E-state index contributed by atoms with van der Waals surface area (Å²) >= 11 is 6.99. The molecule has 4 nitrogen and oxygen atoms in total. The summed E-state index contributed by atoms with van der Waals surface area (Å²) in [5, 5.41) is 19.7. The summed E-state index contributed by atoms with van der Waals surface area (Å²) < 4.78 is 0. The van der Waals surface area contributed by atoms with Crippen LogP contribution in [0.5, 0.6) is 11.5 Å². The lowest BCUT2D eigenvalue weighted by Crippen LogP contribution is -2.02. The van der Waals surface area contributed by atoms with Crippen LogP contribution in [0.4, 0.5) is 0 Å². The van der Waals surface area contributed by atoms with Crippen LogP contribution in [0.15, 0.2) is 41.6 Å². The van der Waals surface area contributed by atoms with E-state index in [1.807, 2.05) is 0 Å². The molecule has 0 saturated carbocycles. The van der Waals surface area contributed by atoms with Gasteiger partial charge < -0.3 is 10.2 Å². The number of rotatable bonds is 4. The normalized spacial score (nSPS) is 10.4. The fourth-order valence-electron chi connectivity index (χ4n) is 1.37. The van der Waals surface area contributed by atoms with Crippen molar-refractivity contribution in [3.05, 3.63) is 47.1 Å². The van der Waals surface area contributed by atoms with Gasteiger partial charge in [0.05, 0.1) is 15.8 Å². The first-order valence-electron chi connectivity index (χ1n) is 5.36. The molecule has 0 atom stereocenters. The highest BCUT2D eigenvalue weighted by molar-refractivity contribution is 7.99. The molecule has 1 aromatic carbocycles. The highest BCUT2D eigenvalue weighted by Gasteiger charge is 2.10. The monoisotopic (exact) mass is 295 g/mol. The number of phenolic OH excluding ortho intramolecular Hbond substituents is 2. The van der Waals surface area contributed by atoms with E-state index in [-0.39, 0.29) is 23.0 Å². The van der Waals surface area contributed by atoms with Gasteiger partial charge in [-0.25, -0.2) is 4.98 Å². The van der Waals surface area contributed by atoms with Gasteiger partial charge in [-0.05, 0) is 30.3 Å². The zero-order chi connectivity index (χ0) is 13.8. The molecule has 19 heavy (non-hydrogen) atoms. The van der Waals surface area contributed by atoms with Crippen LogP contribution in [0.2, 0.25) is 5.02 Å². The van der Waals surface area contributed by atoms with E-state index < -0.39 is 0 Å². The lowest BCUT2D eigenvalue weighted by molar-refractivity contribution is 0.102. The number of aromatic hydroxyl groups is 2. The highest BCUT2D eigenvalue weighted by Crippen LogP contribution is 2.26. The number of Topliss-reactive ketones (excluding diaryl/α,β-unsaturated/α-hetero) is 1. The molecule has 2 rings (SSSR count). The van der Waals surface area contributed by atoms with Crippen LogP contribution in [-0.2, 0) is 0 Å². The molecule has 0 aliphatic carbocycles. The molecular formula is C13H10ClNO3S. The van der Waals surface area contributed by atoms with Crippen LogP contribution in [-0.4, -0.2) is 26.7 Å². The summed E-state index contributed by atoms with van der Waals surface area (Å²) in [6.45, 7) is 0. The van der Waals surface area contributed by atoms with Crippen LogP contribution in [0.3, 0.4) is 0 Å². The molecule has 0 bridgehead atoms. The van der Waals surface area contributed by atoms with Crippen LogP contribution in [0.25, 0.3) is 0 Å². The highest BCUT2D eigenvalue weighted by atomic mass is 35.5. The van der Waals surface area contributed by atoms with Crippen molar-refractivity contribution in [1.82, 2.24) is 4.98 Å². The number of aromatic nitrogens is 1. The molecule has 0 aliphatic rings. The van der Waals surface area contributed by atoms with E-state index in [1.54, 1.807) is 12.1 Å². The molecule has 0 saturated heterocycles. The van der Waals surface area contributed by atoms with E-state index >= 15 is 0 Å². The summed E-state index contributed by atoms with van der Waals surface area (Å²) in [6.07, 6.45) is 1.51. The number of ketones is 1. The standard InChI is InChI=1S/C13H10ClNO3S/c14-9-2-4-13(15-6-9)19-7-12(18)8-1-3-10(16)11(17)5-8/h1-6,16-17H,7H2. The molecular weight excluding hydrogens is 286 g/mol. The number of hydrogen-bond acceptors (Lipinski definition) is 5. The molecule has 0 radical (unpaired) electrons. The Hall–Kier alpha value is -1.72. The predicted molar refractivity (Wildman–Crippen MR) is 74.1 cm³/mol. The van der Waals surface area contributed by atoms with Gasteiger partial charge in [0.1, 0.15) is 0 Å². The van der Waals surface area contributed by atoms with Crippen molar-refractivity contribution in [1.29, 1.82) is 0 Å². The van der Waals surface area contributed by atoms with Gasteiger partial charge in [-0.1, -0.05) is 23.4 Å². The second-order valence-electron chi connectivity index (χ2n) is 3.73. The Morgan fingerprint density at radius 1 is 1.21 bits per heavy atom. The van der Waals surface area contributed by atoms with Gasteiger partial charge in [-0.15, -0.1) is 0 Å². The minimum Gasteiger partial charge on any atom is -0.504 e. The van der Waals surface area contributed by atoms with Gasteiger partial charge in [0.25, 0.3) is 0 Å².